The first kappa shape index (κ1) is 23.5. The van der Waals surface area contributed by atoms with Crippen molar-refractivity contribution in [3.8, 4) is 5.75 Å². The van der Waals surface area contributed by atoms with Crippen LogP contribution in [0.5, 0.6) is 5.75 Å². The fourth-order valence-electron chi connectivity index (χ4n) is 4.73. The maximum Gasteiger partial charge on any atom is 0.142 e. The van der Waals surface area contributed by atoms with Gasteiger partial charge >= 0.3 is 0 Å². The molecule has 2 heterocycles. The van der Waals surface area contributed by atoms with Gasteiger partial charge in [-0.1, -0.05) is 30.8 Å². The zero-order chi connectivity index (χ0) is 21.6. The van der Waals surface area contributed by atoms with Crippen LogP contribution < -0.4 is 10.1 Å². The Labute approximate surface area is 186 Å². The van der Waals surface area contributed by atoms with Crippen LogP contribution in [0.1, 0.15) is 71.8 Å². The molecule has 0 unspecified atom stereocenters. The van der Waals surface area contributed by atoms with Crippen molar-refractivity contribution < 1.29 is 4.74 Å². The average Bonchev–Trinajstić information content (AvgIpc) is 2.78. The fraction of sp³-hybridized carbons (Fsp3) is 0.760. The molecule has 2 saturated heterocycles. The number of hydrogen-bond donors (Lipinski definition) is 1. The number of rotatable bonds is 9. The van der Waals surface area contributed by atoms with Crippen LogP contribution in [0, 0.1) is 0 Å². The van der Waals surface area contributed by atoms with Gasteiger partial charge in [0.15, 0.2) is 0 Å². The van der Waals surface area contributed by atoms with Gasteiger partial charge in [-0.25, -0.2) is 0 Å². The second kappa shape index (κ2) is 10.4. The van der Waals surface area contributed by atoms with Crippen molar-refractivity contribution >= 4 is 13.5 Å². The molecule has 0 saturated carbocycles. The van der Waals surface area contributed by atoms with Gasteiger partial charge < -0.3 is 10.1 Å². The van der Waals surface area contributed by atoms with E-state index in [1.165, 1.54) is 64.7 Å². The zero-order valence-electron chi connectivity index (χ0n) is 19.8. The van der Waals surface area contributed by atoms with E-state index in [0.29, 0.717) is 12.9 Å². The molecule has 2 fully saturated rings. The van der Waals surface area contributed by atoms with Crippen LogP contribution in [0.3, 0.4) is 0 Å². The molecule has 166 valence electrons. The Balaban J connectivity index is 1.66. The third kappa shape index (κ3) is 6.17. The molecule has 2 aliphatic rings. The minimum Gasteiger partial charge on any atom is -0.490 e. The SMILES string of the molecule is [B]Cc1ccc(NCC(C)(C)N2CCCCC2)c(OCC(C)(C)N2CCCCC2)c1. The van der Waals surface area contributed by atoms with E-state index in [4.69, 9.17) is 12.6 Å². The van der Waals surface area contributed by atoms with Crippen LogP contribution in [-0.4, -0.2) is 68.1 Å². The van der Waals surface area contributed by atoms with Gasteiger partial charge in [-0.3, -0.25) is 9.80 Å². The highest BCUT2D eigenvalue weighted by atomic mass is 16.5. The van der Waals surface area contributed by atoms with E-state index < -0.39 is 0 Å². The standard InChI is InChI=1S/C25H42BN3O/c1-24(2,28-13-7-5-8-14-28)19-27-22-12-11-21(18-26)17-23(22)30-20-25(3,4)29-15-9-6-10-16-29/h11-12,17,27H,5-10,13-16,18-20H2,1-4H3. The van der Waals surface area contributed by atoms with E-state index in [1.807, 2.05) is 0 Å². The molecule has 3 rings (SSSR count). The lowest BCUT2D eigenvalue weighted by Crippen LogP contribution is -2.51. The molecule has 5 heteroatoms. The number of hydrogen-bond acceptors (Lipinski definition) is 4. The second-order valence-electron chi connectivity index (χ2n) is 10.4. The monoisotopic (exact) mass is 411 g/mol. The summed E-state index contributed by atoms with van der Waals surface area (Å²) in [5.74, 6) is 0.928. The lowest BCUT2D eigenvalue weighted by molar-refractivity contribution is 0.0516. The molecule has 0 amide bonds. The molecule has 30 heavy (non-hydrogen) atoms. The van der Waals surface area contributed by atoms with E-state index in [2.05, 4.69) is 61.0 Å². The molecular weight excluding hydrogens is 369 g/mol. The lowest BCUT2D eigenvalue weighted by Gasteiger charge is -2.41. The highest BCUT2D eigenvalue weighted by Gasteiger charge is 2.30. The summed E-state index contributed by atoms with van der Waals surface area (Å²) in [5, 5.41) is 3.70. The summed E-state index contributed by atoms with van der Waals surface area (Å²) >= 11 is 0. The van der Waals surface area contributed by atoms with Gasteiger partial charge in [0.05, 0.1) is 13.5 Å². The van der Waals surface area contributed by atoms with E-state index in [0.717, 1.165) is 23.5 Å². The van der Waals surface area contributed by atoms with Crippen molar-refractivity contribution in [3.63, 3.8) is 0 Å². The first-order valence-corrected chi connectivity index (χ1v) is 12.0. The van der Waals surface area contributed by atoms with Crippen LogP contribution in [0.4, 0.5) is 5.69 Å². The molecule has 0 spiro atoms. The van der Waals surface area contributed by atoms with Crippen molar-refractivity contribution in [2.45, 2.75) is 83.6 Å². The van der Waals surface area contributed by atoms with Crippen molar-refractivity contribution in [2.24, 2.45) is 0 Å². The van der Waals surface area contributed by atoms with Crippen LogP contribution in [0.25, 0.3) is 0 Å². The maximum atomic E-state index is 6.44. The van der Waals surface area contributed by atoms with E-state index in [-0.39, 0.29) is 11.1 Å². The molecule has 0 aliphatic carbocycles. The number of anilines is 1. The molecule has 1 aromatic carbocycles. The predicted octanol–water partition coefficient (Wildman–Crippen LogP) is 4.67. The van der Waals surface area contributed by atoms with Gasteiger partial charge in [0.1, 0.15) is 12.4 Å². The number of nitrogens with one attached hydrogen (secondary N) is 1. The predicted molar refractivity (Wildman–Crippen MR) is 129 cm³/mol. The van der Waals surface area contributed by atoms with Gasteiger partial charge in [-0.2, -0.15) is 0 Å². The Bertz CT molecular complexity index is 664. The second-order valence-corrected chi connectivity index (χ2v) is 10.4. The number of nitrogens with zero attached hydrogens (tertiary/aromatic N) is 2. The Morgan fingerprint density at radius 2 is 1.43 bits per heavy atom. The van der Waals surface area contributed by atoms with Crippen molar-refractivity contribution in [2.75, 3.05) is 44.6 Å². The number of piperidine rings is 2. The fourth-order valence-corrected chi connectivity index (χ4v) is 4.73. The molecule has 0 atom stereocenters. The molecule has 0 aromatic heterocycles. The third-order valence-corrected chi connectivity index (χ3v) is 7.00. The number of benzene rings is 1. The molecule has 2 radical (unpaired) electrons. The summed E-state index contributed by atoms with van der Waals surface area (Å²) in [6.45, 7) is 15.6. The Morgan fingerprint density at radius 3 is 2.00 bits per heavy atom. The van der Waals surface area contributed by atoms with Gasteiger partial charge in [0.2, 0.25) is 0 Å². The quantitative estimate of drug-likeness (QED) is 0.598. The van der Waals surface area contributed by atoms with E-state index in [9.17, 15) is 0 Å². The summed E-state index contributed by atoms with van der Waals surface area (Å²) in [4.78, 5) is 5.20. The number of ether oxygens (including phenoxy) is 1. The first-order valence-electron chi connectivity index (χ1n) is 12.0. The summed E-state index contributed by atoms with van der Waals surface area (Å²) in [7, 11) is 5.92. The van der Waals surface area contributed by atoms with Gasteiger partial charge in [0, 0.05) is 17.6 Å². The first-order chi connectivity index (χ1) is 14.3. The Hall–Kier alpha value is -1.20. The van der Waals surface area contributed by atoms with Crippen LogP contribution in [0.15, 0.2) is 18.2 Å². The van der Waals surface area contributed by atoms with E-state index >= 15 is 0 Å². The maximum absolute atomic E-state index is 6.44. The zero-order valence-corrected chi connectivity index (χ0v) is 19.8. The molecule has 1 N–H and O–H groups in total. The average molecular weight is 411 g/mol. The van der Waals surface area contributed by atoms with Crippen molar-refractivity contribution in [3.05, 3.63) is 23.8 Å². The summed E-state index contributed by atoms with van der Waals surface area (Å²) in [6, 6.07) is 6.36. The minimum absolute atomic E-state index is 0.0312. The normalized spacial score (nSPS) is 19.6. The Kier molecular flexibility index (Phi) is 8.14. The largest absolute Gasteiger partial charge is 0.490 e. The number of likely N-dealkylation sites (tertiary alicyclic amines) is 2. The lowest BCUT2D eigenvalue weighted by atomic mass is 9.96. The molecule has 4 nitrogen and oxygen atoms in total. The van der Waals surface area contributed by atoms with Crippen LogP contribution in [-0.2, 0) is 6.32 Å². The Morgan fingerprint density at radius 1 is 0.867 bits per heavy atom. The molecular formula is C25H42BN3O. The van der Waals surface area contributed by atoms with Crippen molar-refractivity contribution in [1.82, 2.24) is 9.80 Å². The third-order valence-electron chi connectivity index (χ3n) is 7.00. The highest BCUT2D eigenvalue weighted by Crippen LogP contribution is 2.30. The van der Waals surface area contributed by atoms with Crippen LogP contribution in [0.2, 0.25) is 0 Å². The molecule has 2 aliphatic heterocycles. The van der Waals surface area contributed by atoms with E-state index in [1.54, 1.807) is 0 Å². The summed E-state index contributed by atoms with van der Waals surface area (Å²) in [6.07, 6.45) is 8.47. The van der Waals surface area contributed by atoms with Crippen LogP contribution >= 0.6 is 0 Å². The molecule has 0 bridgehead atoms. The smallest absolute Gasteiger partial charge is 0.142 e. The summed E-state index contributed by atoms with van der Waals surface area (Å²) in [5.41, 5.74) is 2.34. The topological polar surface area (TPSA) is 27.7 Å². The van der Waals surface area contributed by atoms with Crippen molar-refractivity contribution in [1.29, 1.82) is 0 Å². The van der Waals surface area contributed by atoms with Gasteiger partial charge in [-0.15, -0.1) is 0 Å². The summed E-state index contributed by atoms with van der Waals surface area (Å²) < 4.78 is 6.44. The van der Waals surface area contributed by atoms with Gasteiger partial charge in [-0.05, 0) is 91.7 Å². The minimum atomic E-state index is 0.0312. The van der Waals surface area contributed by atoms with Gasteiger partial charge in [0.25, 0.3) is 0 Å². The highest BCUT2D eigenvalue weighted by molar-refractivity contribution is 6.08. The molecule has 1 aromatic rings.